The zero-order valence-corrected chi connectivity index (χ0v) is 11.9. The minimum atomic E-state index is 0.460. The van der Waals surface area contributed by atoms with E-state index < -0.39 is 0 Å². The van der Waals surface area contributed by atoms with E-state index in [1.54, 1.807) is 0 Å². The molecule has 0 saturated heterocycles. The first-order valence-corrected chi connectivity index (χ1v) is 7.17. The van der Waals surface area contributed by atoms with Crippen molar-refractivity contribution in [2.45, 2.75) is 58.8 Å². The van der Waals surface area contributed by atoms with Crippen LogP contribution in [0.2, 0.25) is 0 Å². The second kappa shape index (κ2) is 7.98. The van der Waals surface area contributed by atoms with E-state index in [-0.39, 0.29) is 0 Å². The Morgan fingerprint density at radius 2 is 1.83 bits per heavy atom. The van der Waals surface area contributed by atoms with Crippen molar-refractivity contribution < 1.29 is 0 Å². The summed E-state index contributed by atoms with van der Waals surface area (Å²) in [4.78, 5) is 0. The van der Waals surface area contributed by atoms with Crippen LogP contribution in [0.1, 0.15) is 57.9 Å². The number of hydrogen-bond acceptors (Lipinski definition) is 0. The number of hydrogen-bond donors (Lipinski definition) is 0. The Morgan fingerprint density at radius 1 is 1.11 bits per heavy atom. The molecule has 0 aliphatic rings. The first-order valence-electron chi connectivity index (χ1n) is 7.17. The van der Waals surface area contributed by atoms with Gasteiger partial charge in [0.05, 0.1) is 0 Å². The number of aryl methyl sites for hydroxylation is 1. The highest BCUT2D eigenvalue weighted by Crippen LogP contribution is 2.34. The number of benzene rings is 1. The van der Waals surface area contributed by atoms with Gasteiger partial charge in [-0.05, 0) is 43.1 Å². The molecule has 0 bridgehead atoms. The van der Waals surface area contributed by atoms with Crippen LogP contribution in [0.5, 0.6) is 0 Å². The predicted octanol–water partition coefficient (Wildman–Crippen LogP) is 5.23. The van der Waals surface area contributed by atoms with Crippen molar-refractivity contribution in [3.8, 4) is 12.3 Å². The van der Waals surface area contributed by atoms with Crippen LogP contribution in [0.25, 0.3) is 0 Å². The minimum Gasteiger partial charge on any atom is -0.120 e. The zero-order chi connectivity index (χ0) is 13.3. The molecule has 98 valence electrons. The van der Waals surface area contributed by atoms with Gasteiger partial charge in [0, 0.05) is 6.42 Å². The van der Waals surface area contributed by atoms with Crippen molar-refractivity contribution in [2.24, 2.45) is 5.41 Å². The van der Waals surface area contributed by atoms with Gasteiger partial charge in [0.1, 0.15) is 0 Å². The molecule has 1 aromatic rings. The first-order chi connectivity index (χ1) is 8.70. The summed E-state index contributed by atoms with van der Waals surface area (Å²) in [6.45, 7) is 4.71. The second-order valence-corrected chi connectivity index (χ2v) is 5.60. The van der Waals surface area contributed by atoms with E-state index in [1.165, 1.54) is 44.1 Å². The minimum absolute atomic E-state index is 0.460. The number of unbranched alkanes of at least 4 members (excludes halogenated alkanes) is 1. The van der Waals surface area contributed by atoms with Crippen LogP contribution in [-0.4, -0.2) is 0 Å². The Bertz CT molecular complexity index is 357. The Kier molecular flexibility index (Phi) is 6.58. The molecule has 0 fully saturated rings. The summed E-state index contributed by atoms with van der Waals surface area (Å²) in [7, 11) is 0. The monoisotopic (exact) mass is 242 g/mol. The molecule has 0 saturated carbocycles. The lowest BCUT2D eigenvalue weighted by Gasteiger charge is -2.29. The van der Waals surface area contributed by atoms with Gasteiger partial charge >= 0.3 is 0 Å². The van der Waals surface area contributed by atoms with Crippen LogP contribution in [-0.2, 0) is 6.42 Å². The Balaban J connectivity index is 2.48. The third-order valence-corrected chi connectivity index (χ3v) is 3.82. The number of terminal acetylenes is 1. The van der Waals surface area contributed by atoms with E-state index in [1.807, 2.05) is 0 Å². The molecular weight excluding hydrogens is 216 g/mol. The molecule has 1 rings (SSSR count). The largest absolute Gasteiger partial charge is 0.120 e. The summed E-state index contributed by atoms with van der Waals surface area (Å²) in [6, 6.07) is 10.8. The van der Waals surface area contributed by atoms with E-state index in [0.29, 0.717) is 5.41 Å². The number of rotatable bonds is 8. The molecule has 0 N–H and O–H groups in total. The molecule has 0 aliphatic heterocycles. The van der Waals surface area contributed by atoms with Crippen molar-refractivity contribution in [3.63, 3.8) is 0 Å². The van der Waals surface area contributed by atoms with Crippen LogP contribution in [0.4, 0.5) is 0 Å². The molecule has 0 aromatic heterocycles. The van der Waals surface area contributed by atoms with Gasteiger partial charge in [-0.15, -0.1) is 12.3 Å². The molecule has 0 heteroatoms. The van der Waals surface area contributed by atoms with Crippen LogP contribution >= 0.6 is 0 Å². The summed E-state index contributed by atoms with van der Waals surface area (Å²) in [5, 5.41) is 0. The van der Waals surface area contributed by atoms with Gasteiger partial charge < -0.3 is 0 Å². The van der Waals surface area contributed by atoms with Crippen molar-refractivity contribution in [1.82, 2.24) is 0 Å². The fourth-order valence-electron chi connectivity index (χ4n) is 2.69. The first kappa shape index (κ1) is 14.8. The highest BCUT2D eigenvalue weighted by molar-refractivity contribution is 5.14. The normalized spacial score (nSPS) is 13.8. The van der Waals surface area contributed by atoms with Gasteiger partial charge in [-0.1, -0.05) is 50.6 Å². The Labute approximate surface area is 113 Å². The van der Waals surface area contributed by atoms with Crippen LogP contribution in [0.3, 0.4) is 0 Å². The Hall–Kier alpha value is -1.22. The van der Waals surface area contributed by atoms with Crippen molar-refractivity contribution >= 4 is 0 Å². The SMILES string of the molecule is C#CCCC[C@](C)(CCC)CCc1ccccc1. The average Bonchev–Trinajstić information content (AvgIpc) is 2.39. The smallest absolute Gasteiger partial charge is 0.00862 e. The molecule has 0 unspecified atom stereocenters. The molecule has 18 heavy (non-hydrogen) atoms. The molecule has 0 radical (unpaired) electrons. The lowest BCUT2D eigenvalue weighted by molar-refractivity contribution is 0.242. The molecular formula is C18H26. The summed E-state index contributed by atoms with van der Waals surface area (Å²) in [5.74, 6) is 2.76. The van der Waals surface area contributed by atoms with Gasteiger partial charge in [-0.3, -0.25) is 0 Å². The fourth-order valence-corrected chi connectivity index (χ4v) is 2.69. The summed E-state index contributed by atoms with van der Waals surface area (Å²) >= 11 is 0. The highest BCUT2D eigenvalue weighted by atomic mass is 14.3. The summed E-state index contributed by atoms with van der Waals surface area (Å²) in [5.41, 5.74) is 1.92. The van der Waals surface area contributed by atoms with Crippen LogP contribution in [0.15, 0.2) is 30.3 Å². The van der Waals surface area contributed by atoms with E-state index in [0.717, 1.165) is 6.42 Å². The molecule has 0 amide bonds. The van der Waals surface area contributed by atoms with Gasteiger partial charge in [-0.25, -0.2) is 0 Å². The lowest BCUT2D eigenvalue weighted by atomic mass is 9.76. The molecule has 0 nitrogen and oxygen atoms in total. The van der Waals surface area contributed by atoms with Gasteiger partial charge in [0.15, 0.2) is 0 Å². The predicted molar refractivity (Wildman–Crippen MR) is 80.5 cm³/mol. The highest BCUT2D eigenvalue weighted by Gasteiger charge is 2.22. The summed E-state index contributed by atoms with van der Waals surface area (Å²) < 4.78 is 0. The average molecular weight is 242 g/mol. The van der Waals surface area contributed by atoms with E-state index in [2.05, 4.69) is 50.1 Å². The van der Waals surface area contributed by atoms with Gasteiger partial charge in [-0.2, -0.15) is 0 Å². The maximum Gasteiger partial charge on any atom is 0.00862 e. The fraction of sp³-hybridized carbons (Fsp3) is 0.556. The van der Waals surface area contributed by atoms with Crippen LogP contribution < -0.4 is 0 Å². The van der Waals surface area contributed by atoms with Gasteiger partial charge in [0.25, 0.3) is 0 Å². The van der Waals surface area contributed by atoms with Crippen molar-refractivity contribution in [3.05, 3.63) is 35.9 Å². The van der Waals surface area contributed by atoms with Crippen molar-refractivity contribution in [1.29, 1.82) is 0 Å². The Morgan fingerprint density at radius 3 is 2.44 bits per heavy atom. The van der Waals surface area contributed by atoms with Crippen LogP contribution in [0, 0.1) is 17.8 Å². The molecule has 0 heterocycles. The molecule has 0 aliphatic carbocycles. The maximum atomic E-state index is 5.35. The summed E-state index contributed by atoms with van der Waals surface area (Å²) in [6.07, 6.45) is 13.7. The van der Waals surface area contributed by atoms with E-state index >= 15 is 0 Å². The van der Waals surface area contributed by atoms with E-state index in [9.17, 15) is 0 Å². The third kappa shape index (κ3) is 5.41. The molecule has 1 atom stereocenters. The topological polar surface area (TPSA) is 0 Å². The zero-order valence-electron chi connectivity index (χ0n) is 11.9. The van der Waals surface area contributed by atoms with Gasteiger partial charge in [0.2, 0.25) is 0 Å². The standard InChI is InChI=1S/C18H26/c1-4-6-10-15-18(3,14-5-2)16-13-17-11-8-7-9-12-17/h1,7-9,11-12H,5-6,10,13-16H2,2-3H3/t18-/m0/s1. The third-order valence-electron chi connectivity index (χ3n) is 3.82. The second-order valence-electron chi connectivity index (χ2n) is 5.60. The molecule has 1 aromatic carbocycles. The van der Waals surface area contributed by atoms with E-state index in [4.69, 9.17) is 6.42 Å². The quantitative estimate of drug-likeness (QED) is 0.432. The molecule has 0 spiro atoms. The lowest BCUT2D eigenvalue weighted by Crippen LogP contribution is -2.17. The van der Waals surface area contributed by atoms with Crippen molar-refractivity contribution in [2.75, 3.05) is 0 Å². The maximum absolute atomic E-state index is 5.35.